The van der Waals surface area contributed by atoms with E-state index in [1.807, 2.05) is 32.0 Å². The number of halogens is 3. The van der Waals surface area contributed by atoms with Crippen LogP contribution >= 0.6 is 11.3 Å². The molecule has 0 aliphatic heterocycles. The molecule has 0 radical (unpaired) electrons. The van der Waals surface area contributed by atoms with E-state index in [4.69, 9.17) is 4.74 Å². The second-order valence-corrected chi connectivity index (χ2v) is 9.65. The highest BCUT2D eigenvalue weighted by molar-refractivity contribution is 7.15. The summed E-state index contributed by atoms with van der Waals surface area (Å²) in [6.07, 6.45) is -2.61. The molecular weight excluding hydrogens is 465 g/mol. The van der Waals surface area contributed by atoms with Crippen LogP contribution in [0.2, 0.25) is 0 Å². The molecule has 34 heavy (non-hydrogen) atoms. The zero-order valence-electron chi connectivity index (χ0n) is 19.0. The summed E-state index contributed by atoms with van der Waals surface area (Å²) in [5.74, 6) is -0.255. The molecule has 5 nitrogen and oxygen atoms in total. The third-order valence-corrected chi connectivity index (χ3v) is 7.11. The maximum atomic E-state index is 12.8. The second-order valence-electron chi connectivity index (χ2n) is 8.56. The summed E-state index contributed by atoms with van der Waals surface area (Å²) in [7, 11) is 0. The lowest BCUT2D eigenvalue weighted by molar-refractivity contribution is -0.145. The maximum absolute atomic E-state index is 12.8. The SMILES string of the molecule is Cc1nc(-c2ccc(C(F)(F)F)cc2)sc1COc1ccc2c(ccn2C(C)(C)C(=O)O)c1C. The van der Waals surface area contributed by atoms with Crippen LogP contribution in [-0.4, -0.2) is 20.6 Å². The number of thiazole rings is 1. The highest BCUT2D eigenvalue weighted by Crippen LogP contribution is 2.35. The zero-order valence-corrected chi connectivity index (χ0v) is 19.8. The fraction of sp³-hybridized carbons (Fsp3) is 0.280. The van der Waals surface area contributed by atoms with Gasteiger partial charge < -0.3 is 14.4 Å². The number of aromatic nitrogens is 2. The quantitative estimate of drug-likeness (QED) is 0.324. The van der Waals surface area contributed by atoms with Crippen molar-refractivity contribution in [3.8, 4) is 16.3 Å². The lowest BCUT2D eigenvalue weighted by Gasteiger charge is -2.23. The fourth-order valence-electron chi connectivity index (χ4n) is 3.72. The number of carbonyl (C=O) groups is 1. The molecule has 0 amide bonds. The van der Waals surface area contributed by atoms with E-state index in [9.17, 15) is 23.1 Å². The Morgan fingerprint density at radius 3 is 2.38 bits per heavy atom. The molecule has 1 N–H and O–H groups in total. The Labute approximate surface area is 198 Å². The molecule has 0 bridgehead atoms. The number of carboxylic acid groups (broad SMARTS) is 1. The van der Waals surface area contributed by atoms with Gasteiger partial charge in [0.2, 0.25) is 0 Å². The molecule has 2 heterocycles. The number of alkyl halides is 3. The second kappa shape index (κ2) is 8.47. The Kier molecular flexibility index (Phi) is 5.93. The van der Waals surface area contributed by atoms with Crippen LogP contribution < -0.4 is 4.74 Å². The van der Waals surface area contributed by atoms with Crippen LogP contribution in [-0.2, 0) is 23.1 Å². The van der Waals surface area contributed by atoms with Gasteiger partial charge in [-0.25, -0.2) is 9.78 Å². The molecule has 0 saturated carbocycles. The third kappa shape index (κ3) is 4.27. The number of nitrogens with zero attached hydrogens (tertiary/aromatic N) is 2. The molecule has 4 rings (SSSR count). The molecule has 178 valence electrons. The summed E-state index contributed by atoms with van der Waals surface area (Å²) in [6.45, 7) is 7.32. The van der Waals surface area contributed by atoms with Crippen LogP contribution in [0.15, 0.2) is 48.7 Å². The smallest absolute Gasteiger partial charge is 0.416 e. The van der Waals surface area contributed by atoms with Gasteiger partial charge in [-0.3, -0.25) is 0 Å². The molecule has 0 atom stereocenters. The van der Waals surface area contributed by atoms with Crippen molar-refractivity contribution < 1.29 is 27.8 Å². The number of ether oxygens (including phenoxy) is 1. The average molecular weight is 489 g/mol. The van der Waals surface area contributed by atoms with Gasteiger partial charge in [0, 0.05) is 28.2 Å². The topological polar surface area (TPSA) is 64.4 Å². The zero-order chi connectivity index (χ0) is 24.8. The Bertz CT molecular complexity index is 1370. The molecule has 0 fully saturated rings. The number of hydrogen-bond donors (Lipinski definition) is 1. The summed E-state index contributed by atoms with van der Waals surface area (Å²) in [4.78, 5) is 17.0. The fourth-order valence-corrected chi connectivity index (χ4v) is 4.70. The van der Waals surface area contributed by atoms with Crippen molar-refractivity contribution in [2.75, 3.05) is 0 Å². The summed E-state index contributed by atoms with van der Waals surface area (Å²) in [5.41, 5.74) is 1.28. The van der Waals surface area contributed by atoms with Crippen molar-refractivity contribution in [1.29, 1.82) is 0 Å². The highest BCUT2D eigenvalue weighted by Gasteiger charge is 2.31. The Balaban J connectivity index is 1.55. The first-order valence-corrected chi connectivity index (χ1v) is 11.3. The largest absolute Gasteiger partial charge is 0.488 e. The monoisotopic (exact) mass is 488 g/mol. The van der Waals surface area contributed by atoms with Crippen LogP contribution in [0.4, 0.5) is 13.2 Å². The summed E-state index contributed by atoms with van der Waals surface area (Å²) < 4.78 is 46.3. The normalized spacial score (nSPS) is 12.3. The van der Waals surface area contributed by atoms with Gasteiger partial charge in [0.25, 0.3) is 0 Å². The van der Waals surface area contributed by atoms with E-state index in [2.05, 4.69) is 4.98 Å². The van der Waals surface area contributed by atoms with Gasteiger partial charge in [0.05, 0.1) is 16.1 Å². The van der Waals surface area contributed by atoms with Crippen LogP contribution in [0.3, 0.4) is 0 Å². The minimum absolute atomic E-state index is 0.262. The summed E-state index contributed by atoms with van der Waals surface area (Å²) in [5, 5.41) is 11.1. The molecular formula is C25H23F3N2O3S. The van der Waals surface area contributed by atoms with E-state index in [-0.39, 0.29) is 6.61 Å². The predicted molar refractivity (Wildman–Crippen MR) is 125 cm³/mol. The van der Waals surface area contributed by atoms with Gasteiger partial charge in [0.1, 0.15) is 22.9 Å². The molecule has 0 aliphatic carbocycles. The highest BCUT2D eigenvalue weighted by atomic mass is 32.1. The van der Waals surface area contributed by atoms with E-state index >= 15 is 0 Å². The summed E-state index contributed by atoms with van der Waals surface area (Å²) >= 11 is 1.38. The molecule has 0 unspecified atom stereocenters. The molecule has 0 aliphatic rings. The molecule has 2 aromatic heterocycles. The minimum atomic E-state index is -4.38. The lowest BCUT2D eigenvalue weighted by atomic mass is 10.1. The molecule has 0 saturated heterocycles. The van der Waals surface area contributed by atoms with Crippen molar-refractivity contribution in [1.82, 2.24) is 9.55 Å². The van der Waals surface area contributed by atoms with Gasteiger partial charge in [-0.05, 0) is 58.0 Å². The minimum Gasteiger partial charge on any atom is -0.488 e. The van der Waals surface area contributed by atoms with Crippen molar-refractivity contribution >= 4 is 28.2 Å². The van der Waals surface area contributed by atoms with Gasteiger partial charge >= 0.3 is 12.1 Å². The van der Waals surface area contributed by atoms with Crippen molar-refractivity contribution in [2.45, 2.75) is 46.0 Å². The van der Waals surface area contributed by atoms with Gasteiger partial charge in [-0.1, -0.05) is 12.1 Å². The van der Waals surface area contributed by atoms with Crippen molar-refractivity contribution in [2.24, 2.45) is 0 Å². The molecule has 0 spiro atoms. The van der Waals surface area contributed by atoms with E-state index < -0.39 is 23.2 Å². The van der Waals surface area contributed by atoms with Gasteiger partial charge in [-0.2, -0.15) is 13.2 Å². The average Bonchev–Trinajstić information content (AvgIpc) is 3.37. The lowest BCUT2D eigenvalue weighted by Crippen LogP contribution is -2.34. The van der Waals surface area contributed by atoms with Gasteiger partial charge in [0.15, 0.2) is 0 Å². The molecule has 4 aromatic rings. The Hall–Kier alpha value is -3.33. The third-order valence-electron chi connectivity index (χ3n) is 5.93. The summed E-state index contributed by atoms with van der Waals surface area (Å²) in [6, 6.07) is 10.5. The van der Waals surface area contributed by atoms with Crippen molar-refractivity contribution in [3.05, 3.63) is 70.4 Å². The Morgan fingerprint density at radius 1 is 1.09 bits per heavy atom. The van der Waals surface area contributed by atoms with Gasteiger partial charge in [-0.15, -0.1) is 11.3 Å². The van der Waals surface area contributed by atoms with E-state index in [1.165, 1.54) is 23.5 Å². The first kappa shape index (κ1) is 23.8. The van der Waals surface area contributed by atoms with Crippen LogP contribution in [0, 0.1) is 13.8 Å². The number of hydrogen-bond acceptors (Lipinski definition) is 4. The standard InChI is InChI=1S/C25H23F3N2O3S/c1-14-18-11-12-30(24(3,4)23(31)32)19(18)9-10-20(14)33-13-21-15(2)29-22(34-21)16-5-7-17(8-6-16)25(26,27)28/h5-12H,13H2,1-4H3,(H,31,32). The Morgan fingerprint density at radius 2 is 1.76 bits per heavy atom. The predicted octanol–water partition coefficient (Wildman–Crippen LogP) is 6.80. The first-order chi connectivity index (χ1) is 15.9. The number of aliphatic carboxylic acids is 1. The number of rotatable bonds is 6. The number of benzene rings is 2. The number of fused-ring (bicyclic) bond motifs is 1. The van der Waals surface area contributed by atoms with E-state index in [1.54, 1.807) is 24.6 Å². The van der Waals surface area contributed by atoms with Crippen LogP contribution in [0.5, 0.6) is 5.75 Å². The molecule has 9 heteroatoms. The van der Waals surface area contributed by atoms with Crippen molar-refractivity contribution in [3.63, 3.8) is 0 Å². The molecule has 2 aromatic carbocycles. The van der Waals surface area contributed by atoms with E-state index in [0.717, 1.165) is 39.2 Å². The van der Waals surface area contributed by atoms with Crippen LogP contribution in [0.25, 0.3) is 21.5 Å². The number of carboxylic acids is 1. The maximum Gasteiger partial charge on any atom is 0.416 e. The van der Waals surface area contributed by atoms with Crippen LogP contribution in [0.1, 0.15) is 35.5 Å². The number of aryl methyl sites for hydroxylation is 2. The first-order valence-electron chi connectivity index (χ1n) is 10.5. The van der Waals surface area contributed by atoms with E-state index in [0.29, 0.717) is 16.3 Å².